The third-order valence-electron chi connectivity index (χ3n) is 2.16. The first-order valence-electron chi connectivity index (χ1n) is 5.01. The molecule has 1 N–H and O–H groups in total. The third-order valence-corrected chi connectivity index (χ3v) is 2.41. The summed E-state index contributed by atoms with van der Waals surface area (Å²) in [5.41, 5.74) is 0.905. The Morgan fingerprint density at radius 2 is 2.19 bits per heavy atom. The molecule has 0 spiro atoms. The van der Waals surface area contributed by atoms with E-state index >= 15 is 0 Å². The van der Waals surface area contributed by atoms with Gasteiger partial charge in [0.25, 0.3) is 0 Å². The summed E-state index contributed by atoms with van der Waals surface area (Å²) in [6.45, 7) is 1.48. The van der Waals surface area contributed by atoms with Gasteiger partial charge in [0.1, 0.15) is 6.61 Å². The third kappa shape index (κ3) is 3.72. The Morgan fingerprint density at radius 3 is 2.81 bits per heavy atom. The van der Waals surface area contributed by atoms with Gasteiger partial charge in [-0.05, 0) is 17.7 Å². The highest BCUT2D eigenvalue weighted by Crippen LogP contribution is 2.10. The first-order chi connectivity index (χ1) is 7.74. The fourth-order valence-electron chi connectivity index (χ4n) is 1.16. The lowest BCUT2D eigenvalue weighted by Gasteiger charge is -2.05. The van der Waals surface area contributed by atoms with Gasteiger partial charge in [0.2, 0.25) is 0 Å². The highest BCUT2D eigenvalue weighted by molar-refractivity contribution is 6.30. The van der Waals surface area contributed by atoms with Crippen LogP contribution < -0.4 is 5.32 Å². The summed E-state index contributed by atoms with van der Waals surface area (Å²) in [7, 11) is 0. The van der Waals surface area contributed by atoms with E-state index in [2.05, 4.69) is 5.32 Å². The predicted molar refractivity (Wildman–Crippen MR) is 59.4 cm³/mol. The average Bonchev–Trinajstić information content (AvgIpc) is 3.09. The van der Waals surface area contributed by atoms with Crippen molar-refractivity contribution in [2.75, 3.05) is 13.2 Å². The second kappa shape index (κ2) is 5.18. The van der Waals surface area contributed by atoms with Crippen molar-refractivity contribution in [3.63, 3.8) is 0 Å². The second-order valence-electron chi connectivity index (χ2n) is 3.54. The first-order valence-corrected chi connectivity index (χ1v) is 5.38. The standard InChI is InChI=1S/C11H12ClNO3/c12-9-3-1-8(2-4-9)6-16-11(14)13-5-10-7-15-10/h1-4,10H,5-7H2,(H,13,14). The molecule has 0 bridgehead atoms. The average molecular weight is 242 g/mol. The Kier molecular flexibility index (Phi) is 3.64. The van der Waals surface area contributed by atoms with Crippen LogP contribution in [0.5, 0.6) is 0 Å². The molecular formula is C11H12ClNO3. The predicted octanol–water partition coefficient (Wildman–Crippen LogP) is 1.96. The van der Waals surface area contributed by atoms with Crippen LogP contribution in [0.3, 0.4) is 0 Å². The van der Waals surface area contributed by atoms with E-state index in [-0.39, 0.29) is 12.7 Å². The molecule has 4 nitrogen and oxygen atoms in total. The van der Waals surface area contributed by atoms with Crippen LogP contribution in [0, 0.1) is 0 Å². The maximum atomic E-state index is 11.2. The second-order valence-corrected chi connectivity index (χ2v) is 3.98. The normalized spacial score (nSPS) is 17.9. The van der Waals surface area contributed by atoms with Crippen molar-refractivity contribution < 1.29 is 14.3 Å². The van der Waals surface area contributed by atoms with Crippen LogP contribution in [0.2, 0.25) is 5.02 Å². The Balaban J connectivity index is 1.69. The van der Waals surface area contributed by atoms with Crippen LogP contribution in [-0.4, -0.2) is 25.3 Å². The molecule has 0 aliphatic carbocycles. The molecule has 0 saturated carbocycles. The number of benzene rings is 1. The van der Waals surface area contributed by atoms with E-state index in [1.54, 1.807) is 12.1 Å². The number of carbonyl (C=O) groups is 1. The van der Waals surface area contributed by atoms with E-state index in [0.29, 0.717) is 11.6 Å². The van der Waals surface area contributed by atoms with Crippen LogP contribution >= 0.6 is 11.6 Å². The number of rotatable bonds is 4. The van der Waals surface area contributed by atoms with Gasteiger partial charge in [-0.25, -0.2) is 4.79 Å². The molecule has 1 amide bonds. The number of halogens is 1. The van der Waals surface area contributed by atoms with Gasteiger partial charge in [0.05, 0.1) is 12.7 Å². The number of alkyl carbamates (subject to hydrolysis) is 1. The Bertz CT molecular complexity index is 362. The maximum absolute atomic E-state index is 11.2. The Hall–Kier alpha value is -1.26. The number of hydrogen-bond acceptors (Lipinski definition) is 3. The molecule has 1 aliphatic rings. The van der Waals surface area contributed by atoms with Crippen molar-refractivity contribution in [3.8, 4) is 0 Å². The molecule has 2 rings (SSSR count). The van der Waals surface area contributed by atoms with Gasteiger partial charge in [-0.2, -0.15) is 0 Å². The van der Waals surface area contributed by atoms with Gasteiger partial charge in [-0.15, -0.1) is 0 Å². The largest absolute Gasteiger partial charge is 0.445 e. The molecule has 1 unspecified atom stereocenters. The van der Waals surface area contributed by atoms with Crippen LogP contribution in [-0.2, 0) is 16.1 Å². The van der Waals surface area contributed by atoms with Crippen molar-refractivity contribution in [1.29, 1.82) is 0 Å². The molecule has 1 aromatic carbocycles. The number of nitrogens with one attached hydrogen (secondary N) is 1. The smallest absolute Gasteiger partial charge is 0.407 e. The minimum absolute atomic E-state index is 0.170. The van der Waals surface area contributed by atoms with Gasteiger partial charge in [-0.3, -0.25) is 0 Å². The summed E-state index contributed by atoms with van der Waals surface area (Å²) in [6, 6.07) is 7.16. The molecule has 1 atom stereocenters. The van der Waals surface area contributed by atoms with E-state index in [4.69, 9.17) is 21.1 Å². The van der Waals surface area contributed by atoms with E-state index in [1.807, 2.05) is 12.1 Å². The number of carbonyl (C=O) groups excluding carboxylic acids is 1. The SMILES string of the molecule is O=C(NCC1CO1)OCc1ccc(Cl)cc1. The van der Waals surface area contributed by atoms with Crippen LogP contribution in [0.25, 0.3) is 0 Å². The lowest BCUT2D eigenvalue weighted by atomic mass is 10.2. The number of hydrogen-bond donors (Lipinski definition) is 1. The highest BCUT2D eigenvalue weighted by atomic mass is 35.5. The zero-order valence-electron chi connectivity index (χ0n) is 8.61. The molecule has 1 saturated heterocycles. The molecule has 1 heterocycles. The fraction of sp³-hybridized carbons (Fsp3) is 0.364. The summed E-state index contributed by atoms with van der Waals surface area (Å²) >= 11 is 5.73. The zero-order valence-corrected chi connectivity index (χ0v) is 9.37. The monoisotopic (exact) mass is 241 g/mol. The number of amides is 1. The van der Waals surface area contributed by atoms with Crippen molar-refractivity contribution >= 4 is 17.7 Å². The molecule has 0 aromatic heterocycles. The molecular weight excluding hydrogens is 230 g/mol. The van der Waals surface area contributed by atoms with Gasteiger partial charge in [0, 0.05) is 11.6 Å². The minimum atomic E-state index is -0.426. The topological polar surface area (TPSA) is 50.9 Å². The van der Waals surface area contributed by atoms with Gasteiger partial charge in [-0.1, -0.05) is 23.7 Å². The minimum Gasteiger partial charge on any atom is -0.445 e. The van der Waals surface area contributed by atoms with E-state index in [1.165, 1.54) is 0 Å². The van der Waals surface area contributed by atoms with E-state index in [0.717, 1.165) is 12.2 Å². The Morgan fingerprint density at radius 1 is 1.50 bits per heavy atom. The molecule has 86 valence electrons. The summed E-state index contributed by atoms with van der Waals surface area (Å²) in [5, 5.41) is 3.28. The van der Waals surface area contributed by atoms with Crippen LogP contribution in [0.4, 0.5) is 4.79 Å². The maximum Gasteiger partial charge on any atom is 0.407 e. The molecule has 5 heteroatoms. The van der Waals surface area contributed by atoms with Gasteiger partial charge < -0.3 is 14.8 Å². The first kappa shape index (κ1) is 11.2. The highest BCUT2D eigenvalue weighted by Gasteiger charge is 2.22. The summed E-state index contributed by atoms with van der Waals surface area (Å²) in [4.78, 5) is 11.2. The van der Waals surface area contributed by atoms with Gasteiger partial charge in [0.15, 0.2) is 0 Å². The van der Waals surface area contributed by atoms with Crippen LogP contribution in [0.1, 0.15) is 5.56 Å². The van der Waals surface area contributed by atoms with Gasteiger partial charge >= 0.3 is 6.09 Å². The van der Waals surface area contributed by atoms with E-state index < -0.39 is 6.09 Å². The van der Waals surface area contributed by atoms with E-state index in [9.17, 15) is 4.79 Å². The summed E-state index contributed by atoms with van der Waals surface area (Å²) in [6.07, 6.45) is -0.256. The quantitative estimate of drug-likeness (QED) is 0.820. The van der Waals surface area contributed by atoms with Crippen molar-refractivity contribution in [2.24, 2.45) is 0 Å². The molecule has 1 aromatic rings. The van der Waals surface area contributed by atoms with Crippen molar-refractivity contribution in [3.05, 3.63) is 34.9 Å². The lowest BCUT2D eigenvalue weighted by Crippen LogP contribution is -2.27. The lowest BCUT2D eigenvalue weighted by molar-refractivity contribution is 0.139. The summed E-state index contributed by atoms with van der Waals surface area (Å²) < 4.78 is 9.95. The number of epoxide rings is 1. The van der Waals surface area contributed by atoms with Crippen molar-refractivity contribution in [1.82, 2.24) is 5.32 Å². The summed E-state index contributed by atoms with van der Waals surface area (Å²) in [5.74, 6) is 0. The fourth-order valence-corrected chi connectivity index (χ4v) is 1.29. The molecule has 1 fully saturated rings. The number of ether oxygens (including phenoxy) is 2. The molecule has 0 radical (unpaired) electrons. The molecule has 16 heavy (non-hydrogen) atoms. The van der Waals surface area contributed by atoms with Crippen LogP contribution in [0.15, 0.2) is 24.3 Å². The molecule has 1 aliphatic heterocycles. The van der Waals surface area contributed by atoms with Crippen molar-refractivity contribution in [2.45, 2.75) is 12.7 Å². The Labute approximate surface area is 98.5 Å². The zero-order chi connectivity index (χ0) is 11.4.